The van der Waals surface area contributed by atoms with Crippen LogP contribution in [0.2, 0.25) is 5.02 Å². The number of hydrogen-bond donors (Lipinski definition) is 1. The number of methoxy groups -OCH3 is 1. The molecule has 9 heteroatoms. The summed E-state index contributed by atoms with van der Waals surface area (Å²) in [5.74, 6) is 1.60. The summed E-state index contributed by atoms with van der Waals surface area (Å²) in [6.45, 7) is 5.13. The molecule has 0 atom stereocenters. The molecule has 0 bridgehead atoms. The minimum Gasteiger partial charge on any atom is -0.497 e. The van der Waals surface area contributed by atoms with Crippen molar-refractivity contribution in [1.29, 1.82) is 0 Å². The first-order valence-electron chi connectivity index (χ1n) is 10.4. The molecular weight excluding hydrogens is 510 g/mol. The highest BCUT2D eigenvalue weighted by atomic mass is 79.9. The number of halogens is 2. The Labute approximate surface area is 207 Å². The van der Waals surface area contributed by atoms with Crippen LogP contribution in [0.4, 0.5) is 5.82 Å². The summed E-state index contributed by atoms with van der Waals surface area (Å²) in [7, 11) is 1.70. The minimum atomic E-state index is 0.593. The third-order valence-electron chi connectivity index (χ3n) is 5.43. The summed E-state index contributed by atoms with van der Waals surface area (Å²) >= 11 is 15.5. The molecule has 4 rings (SSSR count). The fourth-order valence-electron chi connectivity index (χ4n) is 3.68. The van der Waals surface area contributed by atoms with Crippen molar-refractivity contribution < 1.29 is 4.74 Å². The fourth-order valence-corrected chi connectivity index (χ4v) is 4.57. The van der Waals surface area contributed by atoms with Gasteiger partial charge in [0.25, 0.3) is 0 Å². The normalized spacial score (nSPS) is 14.4. The molecule has 0 spiro atoms. The number of nitrogens with one attached hydrogen (secondary N) is 1. The van der Waals surface area contributed by atoms with E-state index < -0.39 is 0 Å². The van der Waals surface area contributed by atoms with Gasteiger partial charge in [-0.1, -0.05) is 41.9 Å². The zero-order valence-electron chi connectivity index (χ0n) is 17.8. The number of nitrogens with zero attached hydrogens (tertiary/aromatic N) is 4. The molecular formula is C23H25BrClN5OS. The molecule has 32 heavy (non-hydrogen) atoms. The highest BCUT2D eigenvalue weighted by Crippen LogP contribution is 2.23. The summed E-state index contributed by atoms with van der Waals surface area (Å²) in [5, 5.41) is 9.34. The zero-order valence-corrected chi connectivity index (χ0v) is 21.0. The van der Waals surface area contributed by atoms with E-state index in [9.17, 15) is 0 Å². The molecule has 3 aromatic rings. The summed E-state index contributed by atoms with van der Waals surface area (Å²) in [5.41, 5.74) is 2.27. The second-order valence-electron chi connectivity index (χ2n) is 7.66. The van der Waals surface area contributed by atoms with Gasteiger partial charge in [0, 0.05) is 43.9 Å². The molecule has 1 fully saturated rings. The van der Waals surface area contributed by atoms with E-state index in [0.717, 1.165) is 53.5 Å². The lowest BCUT2D eigenvalue weighted by Gasteiger charge is -2.36. The van der Waals surface area contributed by atoms with Crippen LogP contribution in [-0.4, -0.2) is 58.0 Å². The predicted molar refractivity (Wildman–Crippen MR) is 137 cm³/mol. The summed E-state index contributed by atoms with van der Waals surface area (Å²) in [6, 6.07) is 16.0. The van der Waals surface area contributed by atoms with E-state index in [2.05, 4.69) is 48.3 Å². The first kappa shape index (κ1) is 23.0. The Balaban J connectivity index is 1.30. The van der Waals surface area contributed by atoms with Gasteiger partial charge in [0.2, 0.25) is 0 Å². The number of anilines is 1. The van der Waals surface area contributed by atoms with E-state index in [-0.39, 0.29) is 0 Å². The number of ether oxygens (including phenoxy) is 1. The first-order valence-corrected chi connectivity index (χ1v) is 12.0. The molecule has 1 aliphatic heterocycles. The van der Waals surface area contributed by atoms with Crippen LogP contribution >= 0.6 is 39.7 Å². The van der Waals surface area contributed by atoms with Crippen LogP contribution < -0.4 is 10.1 Å². The second-order valence-corrected chi connectivity index (χ2v) is 9.31. The average molecular weight is 535 g/mol. The number of benzene rings is 2. The third-order valence-corrected chi connectivity index (χ3v) is 6.74. The number of piperazine rings is 1. The van der Waals surface area contributed by atoms with Crippen molar-refractivity contribution in [3.8, 4) is 5.75 Å². The van der Waals surface area contributed by atoms with Gasteiger partial charge in [-0.3, -0.25) is 9.58 Å². The van der Waals surface area contributed by atoms with Gasteiger partial charge in [0.15, 0.2) is 10.9 Å². The van der Waals surface area contributed by atoms with Gasteiger partial charge < -0.3 is 15.0 Å². The Morgan fingerprint density at radius 2 is 1.91 bits per heavy atom. The molecule has 0 unspecified atom stereocenters. The topological polar surface area (TPSA) is 45.6 Å². The van der Waals surface area contributed by atoms with Crippen molar-refractivity contribution in [2.75, 3.05) is 38.6 Å². The van der Waals surface area contributed by atoms with Gasteiger partial charge >= 0.3 is 0 Å². The monoisotopic (exact) mass is 533 g/mol. The highest BCUT2D eigenvalue weighted by molar-refractivity contribution is 9.10. The summed E-state index contributed by atoms with van der Waals surface area (Å²) < 4.78 is 8.04. The Hall–Kier alpha value is -2.13. The molecule has 0 radical (unpaired) electrons. The Morgan fingerprint density at radius 1 is 1.12 bits per heavy atom. The lowest BCUT2D eigenvalue weighted by molar-refractivity contribution is 0.177. The quantitative estimate of drug-likeness (QED) is 0.455. The Bertz CT molecular complexity index is 1080. The largest absolute Gasteiger partial charge is 0.497 e. The SMILES string of the molecule is COc1cccc(CN2CCN(C(=S)Nc3nn(Cc4ccccc4Cl)cc3Br)CC2)c1. The van der Waals surface area contributed by atoms with E-state index in [1.165, 1.54) is 5.56 Å². The molecule has 1 aliphatic rings. The standard InChI is InChI=1S/C23H25BrClN5OS/c1-31-19-7-4-5-17(13-19)14-28-9-11-29(12-10-28)23(32)26-22-20(24)16-30(27-22)15-18-6-2-3-8-21(18)25/h2-8,13,16H,9-12,14-15H2,1H3,(H,26,27,32). The van der Waals surface area contributed by atoms with Crippen molar-refractivity contribution >= 4 is 50.7 Å². The fraction of sp³-hybridized carbons (Fsp3) is 0.304. The van der Waals surface area contributed by atoms with Crippen LogP contribution in [0.5, 0.6) is 5.75 Å². The van der Waals surface area contributed by atoms with Gasteiger partial charge in [-0.05, 0) is 57.5 Å². The van der Waals surface area contributed by atoms with Gasteiger partial charge in [0.05, 0.1) is 18.1 Å². The second kappa shape index (κ2) is 10.7. The van der Waals surface area contributed by atoms with Gasteiger partial charge in [-0.15, -0.1) is 0 Å². The van der Waals surface area contributed by atoms with Gasteiger partial charge in [-0.2, -0.15) is 5.10 Å². The number of aromatic nitrogens is 2. The summed E-state index contributed by atoms with van der Waals surface area (Å²) in [6.07, 6.45) is 1.93. The third kappa shape index (κ3) is 5.81. The Morgan fingerprint density at radius 3 is 2.66 bits per heavy atom. The van der Waals surface area contributed by atoms with Gasteiger partial charge in [-0.25, -0.2) is 0 Å². The number of hydrogen-bond acceptors (Lipinski definition) is 4. The smallest absolute Gasteiger partial charge is 0.174 e. The van der Waals surface area contributed by atoms with Crippen molar-refractivity contribution in [2.45, 2.75) is 13.1 Å². The lowest BCUT2D eigenvalue weighted by atomic mass is 10.2. The molecule has 1 N–H and O–H groups in total. The molecule has 1 saturated heterocycles. The summed E-state index contributed by atoms with van der Waals surface area (Å²) in [4.78, 5) is 4.62. The van der Waals surface area contributed by atoms with E-state index in [4.69, 9.17) is 28.6 Å². The molecule has 0 aliphatic carbocycles. The minimum absolute atomic E-state index is 0.593. The molecule has 2 heterocycles. The van der Waals surface area contributed by atoms with Crippen molar-refractivity contribution in [3.05, 3.63) is 75.4 Å². The first-order chi connectivity index (χ1) is 15.5. The number of thiocarbonyl (C=S) groups is 1. The van der Waals surface area contributed by atoms with Crippen LogP contribution in [0.3, 0.4) is 0 Å². The maximum atomic E-state index is 6.28. The highest BCUT2D eigenvalue weighted by Gasteiger charge is 2.20. The van der Waals surface area contributed by atoms with Crippen LogP contribution in [0.1, 0.15) is 11.1 Å². The molecule has 168 valence electrons. The van der Waals surface area contributed by atoms with Crippen molar-refractivity contribution in [2.24, 2.45) is 0 Å². The van der Waals surface area contributed by atoms with Crippen molar-refractivity contribution in [3.63, 3.8) is 0 Å². The molecule has 1 aromatic heterocycles. The van der Waals surface area contributed by atoms with Gasteiger partial charge in [0.1, 0.15) is 5.75 Å². The average Bonchev–Trinajstić information content (AvgIpc) is 3.14. The molecule has 6 nitrogen and oxygen atoms in total. The molecule has 0 amide bonds. The van der Waals surface area contributed by atoms with Crippen LogP contribution in [-0.2, 0) is 13.1 Å². The number of rotatable bonds is 6. The van der Waals surface area contributed by atoms with E-state index >= 15 is 0 Å². The predicted octanol–water partition coefficient (Wildman–Crippen LogP) is 4.87. The maximum Gasteiger partial charge on any atom is 0.174 e. The van der Waals surface area contributed by atoms with E-state index in [1.807, 2.05) is 47.3 Å². The van der Waals surface area contributed by atoms with Crippen LogP contribution in [0, 0.1) is 0 Å². The molecule has 0 saturated carbocycles. The van der Waals surface area contributed by atoms with Crippen LogP contribution in [0.15, 0.2) is 59.2 Å². The molecule has 2 aromatic carbocycles. The van der Waals surface area contributed by atoms with Crippen molar-refractivity contribution in [1.82, 2.24) is 19.6 Å². The lowest BCUT2D eigenvalue weighted by Crippen LogP contribution is -2.49. The van der Waals surface area contributed by atoms with E-state index in [1.54, 1.807) is 7.11 Å². The Kier molecular flexibility index (Phi) is 7.67. The zero-order chi connectivity index (χ0) is 22.5. The van der Waals surface area contributed by atoms with E-state index in [0.29, 0.717) is 17.5 Å². The maximum absolute atomic E-state index is 6.28. The van der Waals surface area contributed by atoms with Crippen LogP contribution in [0.25, 0.3) is 0 Å².